The Hall–Kier alpha value is -17.2. The SMILES string of the molecule is CCC(=O)Cc1nn(C)c(=O)c2ccccc12.CCn1nc(C(=O)Nc2ccc(OC)cc2)c2ccccc2c1=O.Cc1ccc(C)c(CC(=O)Cc2nn(C)c(=O)c3ccccc23)c1.Cc1ccc(CC(=O)Cc2n[nH]c(=O)c3ccccc23)c(O)c1.O=C(Cc1ccccc1C(=O)NC1CCCC1)Cc1n[nH]c(=O)c2ccccc12.O=C(Cc1ccccc1OC(F)F)Cc1n[nH]c(=O)c2ccccc12. The molecule has 18 rings (SSSR count). The molecule has 0 unspecified atom stereocenters. The van der Waals surface area contributed by atoms with Crippen molar-refractivity contribution >= 4 is 111 Å². The number of ether oxygens (including phenoxy) is 2. The molecule has 17 aromatic rings. The van der Waals surface area contributed by atoms with E-state index in [1.54, 1.807) is 179 Å². The van der Waals surface area contributed by atoms with Gasteiger partial charge in [0, 0.05) is 113 Å². The number of hydrogen-bond donors (Lipinski definition) is 6. The Morgan fingerprint density at radius 1 is 0.408 bits per heavy atom. The van der Waals surface area contributed by atoms with Crippen molar-refractivity contribution in [2.24, 2.45) is 14.1 Å². The molecular weight excluding hydrogens is 1810 g/mol. The highest BCUT2D eigenvalue weighted by Crippen LogP contribution is 2.28. The number of alkyl halides is 2. The zero-order valence-electron chi connectivity index (χ0n) is 79.4. The number of methoxy groups -OCH3 is 1. The largest absolute Gasteiger partial charge is 0.508 e. The molecule has 30 nitrogen and oxygen atoms in total. The monoisotopic (exact) mass is 1910 g/mol. The van der Waals surface area contributed by atoms with E-state index in [0.717, 1.165) is 58.7 Å². The first-order valence-corrected chi connectivity index (χ1v) is 46.0. The highest BCUT2D eigenvalue weighted by Gasteiger charge is 2.25. The van der Waals surface area contributed by atoms with E-state index in [1.807, 2.05) is 120 Å². The zero-order valence-corrected chi connectivity index (χ0v) is 79.4. The van der Waals surface area contributed by atoms with Gasteiger partial charge in [-0.15, -0.1) is 0 Å². The first-order chi connectivity index (χ1) is 68.4. The quantitative estimate of drug-likeness (QED) is 0.0278. The number of H-pyrrole nitrogens is 3. The molecule has 1 fully saturated rings. The maximum atomic E-state index is 12.8. The number of ketones is 5. The van der Waals surface area contributed by atoms with Gasteiger partial charge in [-0.2, -0.15) is 39.4 Å². The average Bonchev–Trinajstić information content (AvgIpc) is 0.818. The van der Waals surface area contributed by atoms with E-state index < -0.39 is 6.61 Å². The number of nitrogens with one attached hydrogen (secondary N) is 5. The molecule has 6 heterocycles. The number of anilines is 1. The van der Waals surface area contributed by atoms with Crippen LogP contribution in [0.4, 0.5) is 14.5 Å². The number of rotatable bonds is 27. The summed E-state index contributed by atoms with van der Waals surface area (Å²) < 4.78 is 38.3. The number of aromatic nitrogens is 12. The smallest absolute Gasteiger partial charge is 0.387 e. The Balaban J connectivity index is 0.000000144. The van der Waals surface area contributed by atoms with Gasteiger partial charge in [0.25, 0.3) is 45.2 Å². The topological polar surface area (TPSA) is 424 Å². The zero-order chi connectivity index (χ0) is 101. The fourth-order valence-electron chi connectivity index (χ4n) is 16.5. The van der Waals surface area contributed by atoms with Crippen LogP contribution in [0.3, 0.4) is 0 Å². The van der Waals surface area contributed by atoms with Gasteiger partial charge in [0.05, 0.1) is 100 Å². The van der Waals surface area contributed by atoms with Crippen LogP contribution in [0.1, 0.15) is 134 Å². The maximum Gasteiger partial charge on any atom is 0.387 e. The Morgan fingerprint density at radius 2 is 0.796 bits per heavy atom. The third-order valence-electron chi connectivity index (χ3n) is 23.8. The molecule has 0 bridgehead atoms. The number of aromatic amines is 3. The standard InChI is InChI=1S/C23H23N3O3.C20H20N2O2.C18H14F2N2O3.C18H17N3O3.C18H16N2O3.C13H14N2O2/c27-17(14-21-19-11-5-6-12-20(19)23(29)26-25-21)13-15-7-1-4-10-18(15)22(28)24-16-8-2-3-9-16;1-13-8-9-14(2)15(10-13)11-16(23)12-19-17-6-4-5-7-18(17)20(24)22(3)21-19;19-18(20)25-16-8-4-1-5-11(16)9-12(23)10-15-13-6-2-3-7-14(13)17(24)22-21-15;1-3-21-18(23)15-7-5-4-6-14(15)16(20-21)17(22)19-12-8-10-13(24-2)11-9-12;1-11-6-7-12(17(22)8-11)9-13(21)10-16-14-4-2-3-5-15(14)18(23)20-19-16;1-3-9(16)8-12-10-6-4-5-7-11(10)13(17)15(2)14-12/h1,4-7,10-12,16H,2-3,8-9,13-14H2,(H,24,28)(H,26,29);4-10H,11-12H2,1-3H3;1-8,18H,9-10H2,(H,22,24);4-11H,3H2,1-2H3,(H,19,22);2-8,22H,9-10H2,1H3,(H,20,23);4-7H,3,8H2,1-2H3. The highest BCUT2D eigenvalue weighted by atomic mass is 19.3. The van der Waals surface area contributed by atoms with Crippen molar-refractivity contribution < 1.29 is 56.9 Å². The molecule has 6 aromatic heterocycles. The van der Waals surface area contributed by atoms with Gasteiger partial charge in [-0.05, 0) is 142 Å². The van der Waals surface area contributed by atoms with Gasteiger partial charge in [-0.25, -0.2) is 29.3 Å². The maximum absolute atomic E-state index is 12.8. The number of fused-ring (bicyclic) bond motifs is 6. The molecular formula is C110H104F2N14O16. The lowest BCUT2D eigenvalue weighted by Gasteiger charge is -2.14. The summed E-state index contributed by atoms with van der Waals surface area (Å²) >= 11 is 0. The third-order valence-corrected chi connectivity index (χ3v) is 23.8. The summed E-state index contributed by atoms with van der Waals surface area (Å²) in [7, 11) is 4.81. The number of aromatic hydroxyl groups is 1. The van der Waals surface area contributed by atoms with Gasteiger partial charge in [0.2, 0.25) is 0 Å². The van der Waals surface area contributed by atoms with E-state index in [9.17, 15) is 76.2 Å². The number of para-hydroxylation sites is 1. The molecule has 142 heavy (non-hydrogen) atoms. The predicted octanol–water partition coefficient (Wildman–Crippen LogP) is 15.2. The first-order valence-electron chi connectivity index (χ1n) is 46.0. The summed E-state index contributed by atoms with van der Waals surface area (Å²) in [6.45, 7) is 6.99. The number of benzene rings is 11. The normalized spacial score (nSPS) is 11.5. The minimum absolute atomic E-state index is 0.0230. The summed E-state index contributed by atoms with van der Waals surface area (Å²) in [5, 5.41) is 55.0. The van der Waals surface area contributed by atoms with Crippen LogP contribution in [-0.4, -0.2) is 126 Å². The molecule has 0 saturated heterocycles. The van der Waals surface area contributed by atoms with Crippen LogP contribution in [-0.2, 0) is 102 Å². The molecule has 6 N–H and O–H groups in total. The van der Waals surface area contributed by atoms with Crippen LogP contribution < -0.4 is 53.5 Å². The highest BCUT2D eigenvalue weighted by molar-refractivity contribution is 6.11. The van der Waals surface area contributed by atoms with Gasteiger partial charge in [0.15, 0.2) is 5.69 Å². The number of halogens is 2. The fraction of sp³-hybridized carbons (Fsp3) is 0.227. The van der Waals surface area contributed by atoms with Crippen molar-refractivity contribution in [1.82, 2.24) is 65.3 Å². The number of phenolic OH excluding ortho intramolecular Hbond substituents is 1. The number of Topliss-reactive ketones (excluding diaryl/α,β-unsaturated/α-hetero) is 5. The Morgan fingerprint density at radius 3 is 1.26 bits per heavy atom. The van der Waals surface area contributed by atoms with Crippen molar-refractivity contribution in [3.8, 4) is 17.2 Å². The summed E-state index contributed by atoms with van der Waals surface area (Å²) in [6, 6.07) is 74.6. The van der Waals surface area contributed by atoms with Crippen molar-refractivity contribution in [3.63, 3.8) is 0 Å². The Kier molecular flexibility index (Phi) is 34.7. The number of nitrogens with zero attached hydrogens (tertiary/aromatic N) is 9. The van der Waals surface area contributed by atoms with E-state index in [2.05, 4.69) is 67.3 Å². The van der Waals surface area contributed by atoms with E-state index in [-0.39, 0.29) is 149 Å². The van der Waals surface area contributed by atoms with Crippen molar-refractivity contribution in [2.75, 3.05) is 12.4 Å². The van der Waals surface area contributed by atoms with Crippen molar-refractivity contribution in [1.29, 1.82) is 0 Å². The second kappa shape index (κ2) is 48.2. The van der Waals surface area contributed by atoms with Gasteiger partial charge < -0.3 is 25.2 Å². The minimum Gasteiger partial charge on any atom is -0.508 e. The van der Waals surface area contributed by atoms with Crippen LogP contribution in [0, 0.1) is 20.8 Å². The summed E-state index contributed by atoms with van der Waals surface area (Å²) in [5.74, 6) is 0.186. The van der Waals surface area contributed by atoms with E-state index in [4.69, 9.17) is 4.74 Å². The summed E-state index contributed by atoms with van der Waals surface area (Å²) in [5.41, 5.74) is 8.83. The number of amides is 2. The Labute approximate surface area is 811 Å². The molecule has 2 amide bonds. The number of hydrogen-bond acceptors (Lipinski definition) is 22. The molecule has 0 spiro atoms. The van der Waals surface area contributed by atoms with Gasteiger partial charge in [-0.1, -0.05) is 201 Å². The van der Waals surface area contributed by atoms with Crippen LogP contribution >= 0.6 is 0 Å². The molecule has 32 heteroatoms. The summed E-state index contributed by atoms with van der Waals surface area (Å²) in [4.78, 5) is 159. The molecule has 11 aromatic carbocycles. The number of aryl methyl sites for hydroxylation is 6. The van der Waals surface area contributed by atoms with Gasteiger partial charge in [-0.3, -0.25) is 62.3 Å². The minimum atomic E-state index is -2.96. The summed E-state index contributed by atoms with van der Waals surface area (Å²) in [6.07, 6.45) is 6.05. The first kappa shape index (κ1) is 102. The van der Waals surface area contributed by atoms with Gasteiger partial charge >= 0.3 is 6.61 Å². The molecule has 1 saturated carbocycles. The second-order valence-corrected chi connectivity index (χ2v) is 34.0. The van der Waals surface area contributed by atoms with Gasteiger partial charge in [0.1, 0.15) is 46.2 Å². The number of phenols is 1. The van der Waals surface area contributed by atoms with E-state index in [1.165, 1.54) is 20.1 Å². The molecule has 1 aliphatic carbocycles. The third kappa shape index (κ3) is 26.4. The van der Waals surface area contributed by atoms with Crippen LogP contribution in [0.25, 0.3) is 64.6 Å². The van der Waals surface area contributed by atoms with E-state index >= 15 is 0 Å². The molecule has 1 aliphatic rings. The lowest BCUT2D eigenvalue weighted by Crippen LogP contribution is -2.33. The number of carbonyl (C=O) groups excluding carboxylic acids is 7. The lowest BCUT2D eigenvalue weighted by atomic mass is 9.98. The van der Waals surface area contributed by atoms with Crippen molar-refractivity contribution in [2.45, 2.75) is 144 Å². The molecule has 0 radical (unpaired) electrons. The molecule has 0 aliphatic heterocycles. The van der Waals surface area contributed by atoms with Crippen molar-refractivity contribution in [3.05, 3.63) is 396 Å². The van der Waals surface area contributed by atoms with E-state index in [0.29, 0.717) is 135 Å². The van der Waals surface area contributed by atoms with Crippen LogP contribution in [0.15, 0.2) is 284 Å². The molecule has 724 valence electrons. The second-order valence-electron chi connectivity index (χ2n) is 34.0. The van der Waals surface area contributed by atoms with Crippen LogP contribution in [0.2, 0.25) is 0 Å². The van der Waals surface area contributed by atoms with Crippen LogP contribution in [0.5, 0.6) is 17.2 Å². The Bertz CT molecular complexity index is 7980. The lowest BCUT2D eigenvalue weighted by molar-refractivity contribution is -0.118. The predicted molar refractivity (Wildman–Crippen MR) is 540 cm³/mol. The fourth-order valence-corrected chi connectivity index (χ4v) is 16.5. The average molecular weight is 1920 g/mol. The molecule has 0 atom stereocenters. The number of carbonyl (C=O) groups is 7.